The first-order chi connectivity index (χ1) is 6.93. The number of carbonyl (C=O) groups excluding carboxylic acids is 2. The molecule has 82 valence electrons. The molecule has 6 nitrogen and oxygen atoms in total. The summed E-state index contributed by atoms with van der Waals surface area (Å²) in [6.45, 7) is 0. The quantitative estimate of drug-likeness (QED) is 0.622. The van der Waals surface area contributed by atoms with Crippen molar-refractivity contribution >= 4 is 23.5 Å². The number of Topliss-reactive ketones (excluding diaryl/α,β-unsaturated/α-hetero) is 2. The second-order valence-corrected chi connectivity index (χ2v) is 3.55. The number of hydrogen-bond acceptors (Lipinski definition) is 4. The summed E-state index contributed by atoms with van der Waals surface area (Å²) in [5, 5.41) is 16.9. The fourth-order valence-corrected chi connectivity index (χ4v) is 1.81. The topological polar surface area (TPSA) is 109 Å². The Kier molecular flexibility index (Phi) is 3.18. The van der Waals surface area contributed by atoms with Gasteiger partial charge in [0.1, 0.15) is 0 Å². The van der Waals surface area contributed by atoms with Crippen molar-refractivity contribution in [2.75, 3.05) is 0 Å². The van der Waals surface area contributed by atoms with Crippen LogP contribution in [-0.2, 0) is 19.2 Å². The Morgan fingerprint density at radius 3 is 1.40 bits per heavy atom. The number of rotatable bonds is 4. The van der Waals surface area contributed by atoms with Gasteiger partial charge in [0.15, 0.2) is 0 Å². The first-order valence-corrected chi connectivity index (χ1v) is 4.47. The Bertz CT molecular complexity index is 299. The zero-order valence-corrected chi connectivity index (χ0v) is 7.80. The Morgan fingerprint density at radius 1 is 0.800 bits per heavy atom. The van der Waals surface area contributed by atoms with Gasteiger partial charge in [0.2, 0.25) is 11.6 Å². The van der Waals surface area contributed by atoms with Gasteiger partial charge in [0, 0.05) is 11.8 Å². The number of ketones is 2. The van der Waals surface area contributed by atoms with Crippen LogP contribution in [0.15, 0.2) is 0 Å². The summed E-state index contributed by atoms with van der Waals surface area (Å²) >= 11 is 0. The molecule has 0 saturated heterocycles. The van der Waals surface area contributed by atoms with Crippen LogP contribution in [0.25, 0.3) is 0 Å². The van der Waals surface area contributed by atoms with Crippen LogP contribution in [0.4, 0.5) is 0 Å². The minimum absolute atomic E-state index is 0.0380. The molecule has 1 saturated carbocycles. The molecule has 0 amide bonds. The van der Waals surface area contributed by atoms with Crippen LogP contribution >= 0.6 is 0 Å². The van der Waals surface area contributed by atoms with Crippen molar-refractivity contribution in [1.29, 1.82) is 0 Å². The summed E-state index contributed by atoms with van der Waals surface area (Å²) in [5.41, 5.74) is 0. The van der Waals surface area contributed by atoms with E-state index in [9.17, 15) is 19.2 Å². The molecular formula is C9H10O6. The minimum atomic E-state index is -1.52. The van der Waals surface area contributed by atoms with Gasteiger partial charge in [0.25, 0.3) is 0 Å². The van der Waals surface area contributed by atoms with E-state index in [-0.39, 0.29) is 19.3 Å². The van der Waals surface area contributed by atoms with Crippen molar-refractivity contribution < 1.29 is 29.4 Å². The third-order valence-corrected chi connectivity index (χ3v) is 2.60. The molecule has 2 atom stereocenters. The molecular weight excluding hydrogens is 204 g/mol. The van der Waals surface area contributed by atoms with Crippen molar-refractivity contribution in [1.82, 2.24) is 0 Å². The van der Waals surface area contributed by atoms with E-state index < -0.39 is 35.3 Å². The predicted molar refractivity (Wildman–Crippen MR) is 46.1 cm³/mol. The van der Waals surface area contributed by atoms with Gasteiger partial charge < -0.3 is 10.2 Å². The first kappa shape index (κ1) is 11.4. The summed E-state index contributed by atoms with van der Waals surface area (Å²) in [6.07, 6.45) is 0.583. The van der Waals surface area contributed by atoms with E-state index in [4.69, 9.17) is 10.2 Å². The van der Waals surface area contributed by atoms with Crippen LogP contribution in [0.2, 0.25) is 0 Å². The lowest BCUT2D eigenvalue weighted by atomic mass is 9.98. The van der Waals surface area contributed by atoms with E-state index >= 15 is 0 Å². The molecule has 1 fully saturated rings. The summed E-state index contributed by atoms with van der Waals surface area (Å²) < 4.78 is 0. The molecule has 0 aliphatic heterocycles. The third kappa shape index (κ3) is 2.39. The number of carboxylic acid groups (broad SMARTS) is 2. The Labute approximate surface area is 84.9 Å². The zero-order chi connectivity index (χ0) is 11.6. The van der Waals surface area contributed by atoms with E-state index in [1.165, 1.54) is 0 Å². The molecule has 2 N–H and O–H groups in total. The second kappa shape index (κ2) is 4.20. The Hall–Kier alpha value is -1.72. The zero-order valence-electron chi connectivity index (χ0n) is 7.80. The molecule has 0 bridgehead atoms. The fraction of sp³-hybridized carbons (Fsp3) is 0.556. The summed E-state index contributed by atoms with van der Waals surface area (Å²) in [4.78, 5) is 42.7. The van der Waals surface area contributed by atoms with Gasteiger partial charge in [-0.3, -0.25) is 9.59 Å². The highest BCUT2D eigenvalue weighted by Crippen LogP contribution is 2.32. The SMILES string of the molecule is O=C(O)C(=O)C1CCC(C(=O)C(=O)O)C1. The first-order valence-electron chi connectivity index (χ1n) is 4.47. The monoisotopic (exact) mass is 214 g/mol. The second-order valence-electron chi connectivity index (χ2n) is 3.55. The van der Waals surface area contributed by atoms with Gasteiger partial charge in [-0.25, -0.2) is 9.59 Å². The van der Waals surface area contributed by atoms with Gasteiger partial charge in [-0.05, 0) is 19.3 Å². The highest BCUT2D eigenvalue weighted by atomic mass is 16.4. The molecule has 1 aliphatic rings. The molecule has 6 heteroatoms. The molecule has 1 rings (SSSR count). The van der Waals surface area contributed by atoms with Gasteiger partial charge in [-0.15, -0.1) is 0 Å². The highest BCUT2D eigenvalue weighted by Gasteiger charge is 2.38. The maximum atomic E-state index is 11.0. The van der Waals surface area contributed by atoms with E-state index in [0.29, 0.717) is 0 Å². The number of hydrogen-bond donors (Lipinski definition) is 2. The van der Waals surface area contributed by atoms with Gasteiger partial charge >= 0.3 is 11.9 Å². The lowest BCUT2D eigenvalue weighted by Crippen LogP contribution is -2.24. The fourth-order valence-electron chi connectivity index (χ4n) is 1.81. The molecule has 0 aromatic rings. The average Bonchev–Trinajstić information content (AvgIpc) is 2.63. The lowest BCUT2D eigenvalue weighted by molar-refractivity contribution is -0.152. The average molecular weight is 214 g/mol. The van der Waals surface area contributed by atoms with E-state index in [2.05, 4.69) is 0 Å². The third-order valence-electron chi connectivity index (χ3n) is 2.60. The van der Waals surface area contributed by atoms with Crippen LogP contribution in [-0.4, -0.2) is 33.7 Å². The number of carbonyl (C=O) groups is 4. The van der Waals surface area contributed by atoms with E-state index in [1.807, 2.05) is 0 Å². The lowest BCUT2D eigenvalue weighted by Gasteiger charge is -2.04. The predicted octanol–water partition coefficient (Wildman–Crippen LogP) is -0.290. The van der Waals surface area contributed by atoms with Crippen LogP contribution in [0.3, 0.4) is 0 Å². The molecule has 1 aliphatic carbocycles. The molecule has 0 heterocycles. The van der Waals surface area contributed by atoms with Gasteiger partial charge in [-0.2, -0.15) is 0 Å². The van der Waals surface area contributed by atoms with Crippen molar-refractivity contribution in [3.05, 3.63) is 0 Å². The minimum Gasteiger partial charge on any atom is -0.475 e. The molecule has 15 heavy (non-hydrogen) atoms. The molecule has 0 aromatic heterocycles. The van der Waals surface area contributed by atoms with Crippen LogP contribution in [0.1, 0.15) is 19.3 Å². The van der Waals surface area contributed by atoms with Crippen LogP contribution in [0, 0.1) is 11.8 Å². The van der Waals surface area contributed by atoms with Gasteiger partial charge in [0.05, 0.1) is 0 Å². The molecule has 0 aromatic carbocycles. The molecule has 0 spiro atoms. The van der Waals surface area contributed by atoms with Crippen molar-refractivity contribution in [2.24, 2.45) is 11.8 Å². The normalized spacial score (nSPS) is 24.8. The molecule has 0 radical (unpaired) electrons. The smallest absolute Gasteiger partial charge is 0.372 e. The number of aliphatic carboxylic acids is 2. The summed E-state index contributed by atoms with van der Waals surface area (Å²) in [6, 6.07) is 0. The van der Waals surface area contributed by atoms with E-state index in [1.54, 1.807) is 0 Å². The van der Waals surface area contributed by atoms with Gasteiger partial charge in [-0.1, -0.05) is 0 Å². The summed E-state index contributed by atoms with van der Waals surface area (Å²) in [7, 11) is 0. The Balaban J connectivity index is 2.60. The Morgan fingerprint density at radius 2 is 1.13 bits per heavy atom. The largest absolute Gasteiger partial charge is 0.475 e. The van der Waals surface area contributed by atoms with E-state index in [0.717, 1.165) is 0 Å². The number of carboxylic acids is 2. The standard InChI is InChI=1S/C9H10O6/c10-6(8(12)13)4-1-2-5(3-4)7(11)9(14)15/h4-5H,1-3H2,(H,12,13)(H,14,15). The maximum absolute atomic E-state index is 11.0. The van der Waals surface area contributed by atoms with Crippen molar-refractivity contribution in [2.45, 2.75) is 19.3 Å². The van der Waals surface area contributed by atoms with Crippen molar-refractivity contribution in [3.63, 3.8) is 0 Å². The maximum Gasteiger partial charge on any atom is 0.372 e. The highest BCUT2D eigenvalue weighted by molar-refractivity contribution is 6.35. The van der Waals surface area contributed by atoms with Crippen LogP contribution < -0.4 is 0 Å². The van der Waals surface area contributed by atoms with Crippen LogP contribution in [0.5, 0.6) is 0 Å². The molecule has 2 unspecified atom stereocenters. The summed E-state index contributed by atoms with van der Waals surface area (Å²) in [5.74, 6) is -6.34. The van der Waals surface area contributed by atoms with Crippen molar-refractivity contribution in [3.8, 4) is 0 Å².